The van der Waals surface area contributed by atoms with Crippen LogP contribution in [0.25, 0.3) is 22.6 Å². The number of fused-ring (bicyclic) bond motifs is 1. The Labute approximate surface area is 105 Å². The molecule has 3 heteroatoms. The summed E-state index contributed by atoms with van der Waals surface area (Å²) in [6, 6.07) is 11.9. The summed E-state index contributed by atoms with van der Waals surface area (Å²) in [6.07, 6.45) is 1.67. The molecule has 0 N–H and O–H groups in total. The van der Waals surface area contributed by atoms with Gasteiger partial charge in [0.05, 0.1) is 17.3 Å². The van der Waals surface area contributed by atoms with Crippen LogP contribution in [-0.2, 0) is 6.54 Å². The first-order chi connectivity index (χ1) is 8.75. The van der Waals surface area contributed by atoms with Gasteiger partial charge >= 0.3 is 0 Å². The Balaban J connectivity index is 2.26. The lowest BCUT2D eigenvalue weighted by Gasteiger charge is -2.07. The van der Waals surface area contributed by atoms with Gasteiger partial charge in [0.1, 0.15) is 0 Å². The molecule has 0 aliphatic carbocycles. The fourth-order valence-electron chi connectivity index (χ4n) is 2.10. The minimum atomic E-state index is 0.747. The summed E-state index contributed by atoms with van der Waals surface area (Å²) in [7, 11) is 0. The molecule has 0 amide bonds. The molecule has 0 spiro atoms. The van der Waals surface area contributed by atoms with E-state index in [1.54, 1.807) is 6.26 Å². The number of hydrogen-bond donors (Lipinski definition) is 0. The Morgan fingerprint density at radius 2 is 2.11 bits per heavy atom. The summed E-state index contributed by atoms with van der Waals surface area (Å²) in [5.74, 6) is 1.64. The molecule has 1 aromatic carbocycles. The van der Waals surface area contributed by atoms with Crippen molar-refractivity contribution in [2.45, 2.75) is 13.5 Å². The maximum atomic E-state index is 5.46. The molecule has 2 aromatic heterocycles. The molecule has 0 bridgehead atoms. The van der Waals surface area contributed by atoms with Crippen molar-refractivity contribution in [1.29, 1.82) is 0 Å². The van der Waals surface area contributed by atoms with E-state index in [-0.39, 0.29) is 0 Å². The van der Waals surface area contributed by atoms with Crippen LogP contribution in [0.3, 0.4) is 0 Å². The maximum absolute atomic E-state index is 5.46. The number of imidazole rings is 1. The highest BCUT2D eigenvalue weighted by Gasteiger charge is 2.13. The molecule has 18 heavy (non-hydrogen) atoms. The Morgan fingerprint density at radius 1 is 1.28 bits per heavy atom. The number of para-hydroxylation sites is 2. The van der Waals surface area contributed by atoms with Crippen LogP contribution in [0.15, 0.2) is 59.2 Å². The molecule has 0 unspecified atom stereocenters. The first-order valence-electron chi connectivity index (χ1n) is 5.89. The Bertz CT molecular complexity index is 692. The third-order valence-corrected chi connectivity index (χ3v) is 2.82. The molecule has 0 atom stereocenters. The van der Waals surface area contributed by atoms with Crippen molar-refractivity contribution < 1.29 is 4.42 Å². The zero-order chi connectivity index (χ0) is 12.5. The van der Waals surface area contributed by atoms with Crippen molar-refractivity contribution >= 4 is 11.0 Å². The van der Waals surface area contributed by atoms with Gasteiger partial charge in [-0.1, -0.05) is 24.3 Å². The summed E-state index contributed by atoms with van der Waals surface area (Å²) >= 11 is 0. The summed E-state index contributed by atoms with van der Waals surface area (Å²) in [5, 5.41) is 0. The van der Waals surface area contributed by atoms with Crippen molar-refractivity contribution in [2.75, 3.05) is 0 Å². The van der Waals surface area contributed by atoms with E-state index in [9.17, 15) is 0 Å². The number of allylic oxidation sites excluding steroid dienone is 1. The number of hydrogen-bond acceptors (Lipinski definition) is 2. The van der Waals surface area contributed by atoms with E-state index in [0.29, 0.717) is 0 Å². The van der Waals surface area contributed by atoms with Crippen molar-refractivity contribution in [3.05, 3.63) is 54.8 Å². The van der Waals surface area contributed by atoms with Crippen LogP contribution in [0.5, 0.6) is 0 Å². The second-order valence-corrected chi connectivity index (χ2v) is 4.44. The van der Waals surface area contributed by atoms with Crippen LogP contribution >= 0.6 is 0 Å². The third kappa shape index (κ3) is 1.74. The van der Waals surface area contributed by atoms with Crippen LogP contribution in [0.2, 0.25) is 0 Å². The Hall–Kier alpha value is -2.29. The minimum Gasteiger partial charge on any atom is -0.461 e. The first kappa shape index (κ1) is 10.8. The number of furan rings is 1. The molecule has 0 saturated carbocycles. The van der Waals surface area contributed by atoms with Gasteiger partial charge in [-0.25, -0.2) is 4.98 Å². The molecule has 3 nitrogen and oxygen atoms in total. The van der Waals surface area contributed by atoms with Gasteiger partial charge in [-0.2, -0.15) is 0 Å². The number of benzene rings is 1. The monoisotopic (exact) mass is 238 g/mol. The fourth-order valence-corrected chi connectivity index (χ4v) is 2.10. The molecule has 0 aliphatic heterocycles. The van der Waals surface area contributed by atoms with E-state index in [0.717, 1.165) is 34.7 Å². The highest BCUT2D eigenvalue weighted by atomic mass is 16.3. The average molecular weight is 238 g/mol. The van der Waals surface area contributed by atoms with E-state index in [1.807, 2.05) is 37.3 Å². The predicted octanol–water partition coefficient (Wildman–Crippen LogP) is 3.87. The topological polar surface area (TPSA) is 31.0 Å². The van der Waals surface area contributed by atoms with Gasteiger partial charge in [0, 0.05) is 6.54 Å². The van der Waals surface area contributed by atoms with E-state index < -0.39 is 0 Å². The predicted molar refractivity (Wildman–Crippen MR) is 72.2 cm³/mol. The maximum Gasteiger partial charge on any atom is 0.177 e. The fraction of sp³-hybridized carbons (Fsp3) is 0.133. The number of rotatable bonds is 3. The molecule has 0 fully saturated rings. The first-order valence-corrected chi connectivity index (χ1v) is 5.89. The zero-order valence-corrected chi connectivity index (χ0v) is 10.3. The lowest BCUT2D eigenvalue weighted by atomic mass is 10.3. The molecule has 90 valence electrons. The molecular weight excluding hydrogens is 224 g/mol. The standard InChI is InChI=1S/C15H14N2O/c1-11(2)10-17-13-7-4-3-6-12(13)16-15(17)14-8-5-9-18-14/h3-9H,1,10H2,2H3. The lowest BCUT2D eigenvalue weighted by molar-refractivity contribution is 0.572. The molecule has 0 aliphatic rings. The molecule has 3 aromatic rings. The van der Waals surface area contributed by atoms with Crippen LogP contribution < -0.4 is 0 Å². The normalized spacial score (nSPS) is 10.9. The Kier molecular flexibility index (Phi) is 2.52. The highest BCUT2D eigenvalue weighted by Crippen LogP contribution is 2.25. The smallest absolute Gasteiger partial charge is 0.177 e. The summed E-state index contributed by atoms with van der Waals surface area (Å²) in [4.78, 5) is 4.64. The van der Waals surface area contributed by atoms with Gasteiger partial charge < -0.3 is 8.98 Å². The van der Waals surface area contributed by atoms with Crippen LogP contribution in [0.4, 0.5) is 0 Å². The second kappa shape index (κ2) is 4.18. The van der Waals surface area contributed by atoms with E-state index >= 15 is 0 Å². The van der Waals surface area contributed by atoms with E-state index in [1.165, 1.54) is 0 Å². The zero-order valence-electron chi connectivity index (χ0n) is 10.3. The van der Waals surface area contributed by atoms with Gasteiger partial charge in [-0.15, -0.1) is 0 Å². The van der Waals surface area contributed by atoms with Crippen molar-refractivity contribution in [2.24, 2.45) is 0 Å². The summed E-state index contributed by atoms with van der Waals surface area (Å²) in [6.45, 7) is 6.74. The molecule has 3 rings (SSSR count). The quantitative estimate of drug-likeness (QED) is 0.648. The molecular formula is C15H14N2O. The van der Waals surface area contributed by atoms with Gasteiger partial charge in [-0.3, -0.25) is 0 Å². The second-order valence-electron chi connectivity index (χ2n) is 4.44. The number of nitrogens with zero attached hydrogens (tertiary/aromatic N) is 2. The molecule has 0 saturated heterocycles. The SMILES string of the molecule is C=C(C)Cn1c(-c2ccco2)nc2ccccc21. The van der Waals surface area contributed by atoms with E-state index in [4.69, 9.17) is 4.42 Å². The van der Waals surface area contributed by atoms with Crippen molar-refractivity contribution in [1.82, 2.24) is 9.55 Å². The van der Waals surface area contributed by atoms with E-state index in [2.05, 4.69) is 22.2 Å². The Morgan fingerprint density at radius 3 is 2.83 bits per heavy atom. The lowest BCUT2D eigenvalue weighted by Crippen LogP contribution is -2.00. The average Bonchev–Trinajstić information content (AvgIpc) is 2.96. The van der Waals surface area contributed by atoms with Crippen molar-refractivity contribution in [3.63, 3.8) is 0 Å². The highest BCUT2D eigenvalue weighted by molar-refractivity contribution is 5.79. The summed E-state index contributed by atoms with van der Waals surface area (Å²) < 4.78 is 7.59. The molecule has 2 heterocycles. The van der Waals surface area contributed by atoms with Gasteiger partial charge in [0.25, 0.3) is 0 Å². The van der Waals surface area contributed by atoms with Gasteiger partial charge in [0.2, 0.25) is 0 Å². The van der Waals surface area contributed by atoms with Gasteiger partial charge in [-0.05, 0) is 31.2 Å². The largest absolute Gasteiger partial charge is 0.461 e. The summed E-state index contributed by atoms with van der Waals surface area (Å²) in [5.41, 5.74) is 3.17. The van der Waals surface area contributed by atoms with Crippen LogP contribution in [-0.4, -0.2) is 9.55 Å². The van der Waals surface area contributed by atoms with Crippen molar-refractivity contribution in [3.8, 4) is 11.6 Å². The van der Waals surface area contributed by atoms with Gasteiger partial charge in [0.15, 0.2) is 11.6 Å². The number of aromatic nitrogens is 2. The third-order valence-electron chi connectivity index (χ3n) is 2.82. The van der Waals surface area contributed by atoms with Crippen LogP contribution in [0, 0.1) is 0 Å². The molecule has 0 radical (unpaired) electrons. The van der Waals surface area contributed by atoms with Crippen LogP contribution in [0.1, 0.15) is 6.92 Å². The minimum absolute atomic E-state index is 0.747.